The number of ether oxygens (including phenoxy) is 1. The Morgan fingerprint density at radius 2 is 1.91 bits per heavy atom. The molecule has 0 unspecified atom stereocenters. The molecule has 2 rings (SSSR count). The first-order valence-electron chi connectivity index (χ1n) is 6.78. The lowest BCUT2D eigenvalue weighted by atomic mass is 10.1. The number of carbonyl (C=O) groups is 2. The maximum absolute atomic E-state index is 11.7. The van der Waals surface area contributed by atoms with Gasteiger partial charge < -0.3 is 14.5 Å². The molecule has 0 saturated carbocycles. The number of rotatable bonds is 5. The summed E-state index contributed by atoms with van der Waals surface area (Å²) < 4.78 is 9.96. The van der Waals surface area contributed by atoms with E-state index in [1.54, 1.807) is 36.4 Å². The third kappa shape index (κ3) is 4.34. The quantitative estimate of drug-likeness (QED) is 0.681. The van der Waals surface area contributed by atoms with E-state index in [2.05, 4.69) is 10.1 Å². The van der Waals surface area contributed by atoms with E-state index in [-0.39, 0.29) is 11.9 Å². The summed E-state index contributed by atoms with van der Waals surface area (Å²) in [7, 11) is 1.34. The van der Waals surface area contributed by atoms with Crippen LogP contribution in [0.25, 0.3) is 6.08 Å². The summed E-state index contributed by atoms with van der Waals surface area (Å²) in [4.78, 5) is 23.0. The van der Waals surface area contributed by atoms with Crippen LogP contribution >= 0.6 is 0 Å². The Morgan fingerprint density at radius 1 is 1.18 bits per heavy atom. The number of nitrogens with one attached hydrogen (secondary N) is 1. The van der Waals surface area contributed by atoms with Crippen LogP contribution in [-0.4, -0.2) is 19.0 Å². The Labute approximate surface area is 128 Å². The first kappa shape index (κ1) is 15.6. The second kappa shape index (κ2) is 7.26. The van der Waals surface area contributed by atoms with Crippen LogP contribution in [0.3, 0.4) is 0 Å². The molecular weight excluding hydrogens is 282 g/mol. The molecule has 0 atom stereocenters. The Kier molecular flexibility index (Phi) is 5.14. The highest BCUT2D eigenvalue weighted by Gasteiger charge is 2.04. The lowest BCUT2D eigenvalue weighted by Gasteiger charge is -2.04. The second-order valence-corrected chi connectivity index (χ2v) is 4.69. The van der Waals surface area contributed by atoms with Crippen LogP contribution in [0.2, 0.25) is 0 Å². The minimum Gasteiger partial charge on any atom is -0.465 e. The smallest absolute Gasteiger partial charge is 0.337 e. The van der Waals surface area contributed by atoms with Crippen molar-refractivity contribution in [2.45, 2.75) is 13.5 Å². The zero-order valence-corrected chi connectivity index (χ0v) is 12.5. The van der Waals surface area contributed by atoms with E-state index in [9.17, 15) is 9.59 Å². The van der Waals surface area contributed by atoms with Crippen LogP contribution in [0.15, 0.2) is 46.9 Å². The SMILES string of the molecule is COC(=O)c1ccc(CNC(=O)/C=C/c2ccc(C)o2)cc1. The van der Waals surface area contributed by atoms with Crippen LogP contribution in [-0.2, 0) is 16.1 Å². The molecule has 0 aliphatic heterocycles. The van der Waals surface area contributed by atoms with Crippen LogP contribution < -0.4 is 5.32 Å². The number of furan rings is 1. The molecule has 22 heavy (non-hydrogen) atoms. The van der Waals surface area contributed by atoms with E-state index in [1.807, 2.05) is 13.0 Å². The summed E-state index contributed by atoms with van der Waals surface area (Å²) in [6, 6.07) is 10.5. The lowest BCUT2D eigenvalue weighted by molar-refractivity contribution is -0.116. The number of benzene rings is 1. The first-order valence-corrected chi connectivity index (χ1v) is 6.78. The van der Waals surface area contributed by atoms with Gasteiger partial charge in [0.05, 0.1) is 12.7 Å². The van der Waals surface area contributed by atoms with Crippen LogP contribution in [0.4, 0.5) is 0 Å². The Balaban J connectivity index is 1.85. The first-order chi connectivity index (χ1) is 10.6. The van der Waals surface area contributed by atoms with Gasteiger partial charge in [0.1, 0.15) is 11.5 Å². The molecule has 0 saturated heterocycles. The molecule has 1 heterocycles. The molecule has 0 radical (unpaired) electrons. The second-order valence-electron chi connectivity index (χ2n) is 4.69. The Hall–Kier alpha value is -2.82. The van der Waals surface area contributed by atoms with Crippen molar-refractivity contribution in [2.75, 3.05) is 7.11 Å². The van der Waals surface area contributed by atoms with Gasteiger partial charge in [-0.05, 0) is 42.8 Å². The molecule has 0 aliphatic rings. The minimum atomic E-state index is -0.382. The van der Waals surface area contributed by atoms with E-state index in [4.69, 9.17) is 4.42 Å². The number of hydrogen-bond acceptors (Lipinski definition) is 4. The summed E-state index contributed by atoms with van der Waals surface area (Å²) in [5.41, 5.74) is 1.37. The fourth-order valence-corrected chi connectivity index (χ4v) is 1.83. The fraction of sp³-hybridized carbons (Fsp3) is 0.176. The van der Waals surface area contributed by atoms with Gasteiger partial charge in [0, 0.05) is 12.6 Å². The lowest BCUT2D eigenvalue weighted by Crippen LogP contribution is -2.20. The third-order valence-corrected chi connectivity index (χ3v) is 3.00. The number of hydrogen-bond donors (Lipinski definition) is 1. The highest BCUT2D eigenvalue weighted by molar-refractivity contribution is 5.91. The third-order valence-electron chi connectivity index (χ3n) is 3.00. The highest BCUT2D eigenvalue weighted by Crippen LogP contribution is 2.08. The van der Waals surface area contributed by atoms with Gasteiger partial charge in [-0.1, -0.05) is 12.1 Å². The van der Waals surface area contributed by atoms with Gasteiger partial charge >= 0.3 is 5.97 Å². The monoisotopic (exact) mass is 299 g/mol. The average molecular weight is 299 g/mol. The number of aryl methyl sites for hydroxylation is 1. The van der Waals surface area contributed by atoms with Crippen molar-refractivity contribution in [3.63, 3.8) is 0 Å². The standard InChI is InChI=1S/C17H17NO4/c1-12-3-8-15(22-12)9-10-16(19)18-11-13-4-6-14(7-5-13)17(20)21-2/h3-10H,11H2,1-2H3,(H,18,19)/b10-9+. The summed E-state index contributed by atoms with van der Waals surface area (Å²) in [5.74, 6) is 0.833. The molecule has 5 nitrogen and oxygen atoms in total. The molecule has 2 aromatic rings. The van der Waals surface area contributed by atoms with Gasteiger partial charge in [0.15, 0.2) is 0 Å². The predicted molar refractivity (Wildman–Crippen MR) is 82.1 cm³/mol. The molecule has 1 N–H and O–H groups in total. The molecule has 114 valence electrons. The van der Waals surface area contributed by atoms with E-state index >= 15 is 0 Å². The van der Waals surface area contributed by atoms with Gasteiger partial charge in [0.25, 0.3) is 0 Å². The summed E-state index contributed by atoms with van der Waals surface area (Å²) >= 11 is 0. The molecule has 5 heteroatoms. The normalized spacial score (nSPS) is 10.6. The van der Waals surface area contributed by atoms with Crippen molar-refractivity contribution in [2.24, 2.45) is 0 Å². The zero-order chi connectivity index (χ0) is 15.9. The molecule has 0 fully saturated rings. The van der Waals surface area contributed by atoms with Crippen molar-refractivity contribution < 1.29 is 18.7 Å². The topological polar surface area (TPSA) is 68.5 Å². The predicted octanol–water partition coefficient (Wildman–Crippen LogP) is 2.70. The Morgan fingerprint density at radius 3 is 2.50 bits per heavy atom. The molecule has 0 aliphatic carbocycles. The van der Waals surface area contributed by atoms with Crippen molar-refractivity contribution in [3.05, 3.63) is 65.1 Å². The van der Waals surface area contributed by atoms with E-state index < -0.39 is 0 Å². The molecule has 1 aromatic heterocycles. The van der Waals surface area contributed by atoms with Crippen molar-refractivity contribution in [3.8, 4) is 0 Å². The van der Waals surface area contributed by atoms with E-state index in [0.717, 1.165) is 11.3 Å². The van der Waals surface area contributed by atoms with Crippen LogP contribution in [0.1, 0.15) is 27.4 Å². The number of methoxy groups -OCH3 is 1. The van der Waals surface area contributed by atoms with Crippen molar-refractivity contribution in [1.82, 2.24) is 5.32 Å². The van der Waals surface area contributed by atoms with Crippen molar-refractivity contribution >= 4 is 18.0 Å². The fourth-order valence-electron chi connectivity index (χ4n) is 1.83. The minimum absolute atomic E-state index is 0.217. The average Bonchev–Trinajstić information content (AvgIpc) is 2.96. The zero-order valence-electron chi connectivity index (χ0n) is 12.5. The van der Waals surface area contributed by atoms with Gasteiger partial charge in [-0.15, -0.1) is 0 Å². The molecular formula is C17H17NO4. The molecule has 0 bridgehead atoms. The van der Waals surface area contributed by atoms with E-state index in [1.165, 1.54) is 13.2 Å². The highest BCUT2D eigenvalue weighted by atomic mass is 16.5. The number of carbonyl (C=O) groups excluding carboxylic acids is 2. The van der Waals surface area contributed by atoms with Gasteiger partial charge in [-0.2, -0.15) is 0 Å². The van der Waals surface area contributed by atoms with Crippen LogP contribution in [0, 0.1) is 6.92 Å². The maximum atomic E-state index is 11.7. The van der Waals surface area contributed by atoms with Gasteiger partial charge in [-0.25, -0.2) is 4.79 Å². The summed E-state index contributed by atoms with van der Waals surface area (Å²) in [6.45, 7) is 2.22. The molecule has 0 spiro atoms. The summed E-state index contributed by atoms with van der Waals surface area (Å²) in [5, 5.41) is 2.76. The maximum Gasteiger partial charge on any atom is 0.337 e. The van der Waals surface area contributed by atoms with Gasteiger partial charge in [-0.3, -0.25) is 4.79 Å². The molecule has 1 amide bonds. The number of amides is 1. The summed E-state index contributed by atoms with van der Waals surface area (Å²) in [6.07, 6.45) is 3.03. The number of esters is 1. The van der Waals surface area contributed by atoms with Crippen molar-refractivity contribution in [1.29, 1.82) is 0 Å². The Bertz CT molecular complexity index is 683. The van der Waals surface area contributed by atoms with E-state index in [0.29, 0.717) is 17.9 Å². The largest absolute Gasteiger partial charge is 0.465 e. The molecule has 1 aromatic carbocycles. The van der Waals surface area contributed by atoms with Gasteiger partial charge in [0.2, 0.25) is 5.91 Å². The van der Waals surface area contributed by atoms with Crippen LogP contribution in [0.5, 0.6) is 0 Å².